The summed E-state index contributed by atoms with van der Waals surface area (Å²) in [5.41, 5.74) is 1.05. The summed E-state index contributed by atoms with van der Waals surface area (Å²) in [6, 6.07) is 5.82. The van der Waals surface area contributed by atoms with Gasteiger partial charge in [-0.15, -0.1) is 0 Å². The maximum Gasteiger partial charge on any atom is 0.169 e. The Kier molecular flexibility index (Phi) is 3.41. The Hall–Kier alpha value is -0.910. The van der Waals surface area contributed by atoms with Gasteiger partial charge in [0.2, 0.25) is 0 Å². The molecule has 0 atom stereocenters. The lowest BCUT2D eigenvalue weighted by Gasteiger charge is -1.91. The normalized spacial score (nSPS) is 9.31. The first-order valence-electron chi connectivity index (χ1n) is 3.72. The Balaban J connectivity index is 0.000000845. The van der Waals surface area contributed by atoms with Crippen LogP contribution in [0.15, 0.2) is 41.3 Å². The van der Waals surface area contributed by atoms with Crippen molar-refractivity contribution in [3.63, 3.8) is 0 Å². The largest absolute Gasteiger partial charge is 1.00 e. The minimum atomic E-state index is 0. The van der Waals surface area contributed by atoms with Crippen LogP contribution in [0.4, 0.5) is 0 Å². The Labute approximate surface area is 93.4 Å². The Morgan fingerprint density at radius 3 is 2.46 bits per heavy atom. The number of rotatable bonds is 1. The molecule has 0 aliphatic carbocycles. The number of pyridine rings is 1. The van der Waals surface area contributed by atoms with Gasteiger partial charge in [0.05, 0.1) is 6.20 Å². The van der Waals surface area contributed by atoms with Gasteiger partial charge >= 0.3 is 0 Å². The van der Waals surface area contributed by atoms with Gasteiger partial charge in [0.15, 0.2) is 18.2 Å². The first kappa shape index (κ1) is 10.2. The van der Waals surface area contributed by atoms with Crippen molar-refractivity contribution in [2.24, 2.45) is 7.05 Å². The highest BCUT2D eigenvalue weighted by Crippen LogP contribution is 2.15. The van der Waals surface area contributed by atoms with Crippen LogP contribution in [0.1, 0.15) is 0 Å². The van der Waals surface area contributed by atoms with Gasteiger partial charge in [-0.1, -0.05) is 5.16 Å². The second-order valence-corrected chi connectivity index (χ2v) is 2.63. The van der Waals surface area contributed by atoms with Crippen LogP contribution in [0.3, 0.4) is 0 Å². The number of hydrogen-bond donors (Lipinski definition) is 0. The van der Waals surface area contributed by atoms with Crippen molar-refractivity contribution < 1.29 is 33.1 Å². The fourth-order valence-corrected chi connectivity index (χ4v) is 1.03. The van der Waals surface area contributed by atoms with Crippen LogP contribution in [-0.4, -0.2) is 5.16 Å². The highest BCUT2D eigenvalue weighted by atomic mass is 127. The summed E-state index contributed by atoms with van der Waals surface area (Å²) in [7, 11) is 1.98. The Bertz CT molecular complexity index is 356. The number of hydrogen-bond acceptors (Lipinski definition) is 2. The molecule has 0 radical (unpaired) electrons. The maximum atomic E-state index is 5.00. The molecule has 2 heterocycles. The van der Waals surface area contributed by atoms with Crippen LogP contribution in [0.2, 0.25) is 0 Å². The summed E-state index contributed by atoms with van der Waals surface area (Å²) in [5.74, 6) is 0.801. The third kappa shape index (κ3) is 2.27. The Morgan fingerprint density at radius 1 is 1.23 bits per heavy atom. The zero-order chi connectivity index (χ0) is 8.39. The molecular weight excluding hydrogens is 279 g/mol. The van der Waals surface area contributed by atoms with Gasteiger partial charge in [-0.05, 0) is 0 Å². The molecule has 0 fully saturated rings. The third-order valence-corrected chi connectivity index (χ3v) is 1.70. The first-order chi connectivity index (χ1) is 5.86. The minimum Gasteiger partial charge on any atom is -1.00 e. The van der Waals surface area contributed by atoms with E-state index >= 15 is 0 Å². The molecule has 0 bridgehead atoms. The maximum absolute atomic E-state index is 5.00. The number of nitrogens with zero attached hydrogens (tertiary/aromatic N) is 2. The van der Waals surface area contributed by atoms with E-state index in [-0.39, 0.29) is 24.0 Å². The predicted molar refractivity (Wildman–Crippen MR) is 43.1 cm³/mol. The SMILES string of the molecule is C[n+]1ccc(-c2ccno2)cc1.[I-]. The van der Waals surface area contributed by atoms with Crippen LogP contribution in [0.5, 0.6) is 0 Å². The molecule has 0 spiro atoms. The fraction of sp³-hybridized carbons (Fsp3) is 0.111. The molecule has 0 saturated heterocycles. The van der Waals surface area contributed by atoms with Crippen LogP contribution in [0, 0.1) is 0 Å². The number of aromatic nitrogens is 2. The van der Waals surface area contributed by atoms with Gasteiger partial charge in [0, 0.05) is 23.8 Å². The van der Waals surface area contributed by atoms with Gasteiger partial charge in [-0.3, -0.25) is 0 Å². The molecule has 0 aliphatic heterocycles. The van der Waals surface area contributed by atoms with Gasteiger partial charge in [0.1, 0.15) is 7.05 Å². The van der Waals surface area contributed by atoms with Crippen LogP contribution < -0.4 is 28.5 Å². The molecule has 0 amide bonds. The summed E-state index contributed by atoms with van der Waals surface area (Å²) in [6.07, 6.45) is 5.58. The van der Waals surface area contributed by atoms with E-state index in [9.17, 15) is 0 Å². The average Bonchev–Trinajstić information content (AvgIpc) is 2.58. The molecule has 0 unspecified atom stereocenters. The smallest absolute Gasteiger partial charge is 0.169 e. The average molecular weight is 288 g/mol. The monoisotopic (exact) mass is 288 g/mol. The van der Waals surface area contributed by atoms with E-state index in [1.165, 1.54) is 0 Å². The van der Waals surface area contributed by atoms with E-state index in [1.807, 2.05) is 42.2 Å². The van der Waals surface area contributed by atoms with E-state index in [2.05, 4.69) is 5.16 Å². The van der Waals surface area contributed by atoms with Gasteiger partial charge in [0.25, 0.3) is 0 Å². The van der Waals surface area contributed by atoms with E-state index in [0.29, 0.717) is 0 Å². The lowest BCUT2D eigenvalue weighted by atomic mass is 10.2. The molecule has 0 saturated carbocycles. The summed E-state index contributed by atoms with van der Waals surface area (Å²) >= 11 is 0. The number of aryl methyl sites for hydroxylation is 1. The molecule has 3 nitrogen and oxygen atoms in total. The van der Waals surface area contributed by atoms with Crippen LogP contribution in [0.25, 0.3) is 11.3 Å². The minimum absolute atomic E-state index is 0. The third-order valence-electron chi connectivity index (χ3n) is 1.70. The van der Waals surface area contributed by atoms with Crippen molar-refractivity contribution in [1.29, 1.82) is 0 Å². The standard InChI is InChI=1S/C9H9N2O.HI/c1-11-6-3-8(4-7-11)9-2-5-10-12-9;/h2-7H,1H3;1H/q+1;/p-1. The molecular formula is C9H9IN2O. The fourth-order valence-electron chi connectivity index (χ4n) is 1.03. The lowest BCUT2D eigenvalue weighted by molar-refractivity contribution is -0.671. The molecule has 2 aromatic rings. The van der Waals surface area contributed by atoms with Crippen molar-refractivity contribution >= 4 is 0 Å². The van der Waals surface area contributed by atoms with Crippen LogP contribution in [-0.2, 0) is 7.05 Å². The van der Waals surface area contributed by atoms with Crippen molar-refractivity contribution in [1.82, 2.24) is 5.16 Å². The van der Waals surface area contributed by atoms with Crippen LogP contribution >= 0.6 is 0 Å². The van der Waals surface area contributed by atoms with E-state index in [4.69, 9.17) is 4.52 Å². The predicted octanol–water partition coefficient (Wildman–Crippen LogP) is -1.83. The summed E-state index contributed by atoms with van der Waals surface area (Å²) < 4.78 is 6.97. The van der Waals surface area contributed by atoms with Crippen molar-refractivity contribution in [3.8, 4) is 11.3 Å². The molecule has 68 valence electrons. The lowest BCUT2D eigenvalue weighted by Crippen LogP contribution is -3.00. The van der Waals surface area contributed by atoms with Gasteiger partial charge in [-0.25, -0.2) is 4.57 Å². The molecule has 2 aromatic heterocycles. The molecule has 2 rings (SSSR count). The van der Waals surface area contributed by atoms with E-state index in [1.54, 1.807) is 6.20 Å². The van der Waals surface area contributed by atoms with E-state index in [0.717, 1.165) is 11.3 Å². The summed E-state index contributed by atoms with van der Waals surface area (Å²) in [4.78, 5) is 0. The Morgan fingerprint density at radius 2 is 1.92 bits per heavy atom. The number of halogens is 1. The zero-order valence-electron chi connectivity index (χ0n) is 7.14. The summed E-state index contributed by atoms with van der Waals surface area (Å²) in [6.45, 7) is 0. The van der Waals surface area contributed by atoms with Crippen molar-refractivity contribution in [2.45, 2.75) is 0 Å². The topological polar surface area (TPSA) is 29.9 Å². The highest BCUT2D eigenvalue weighted by molar-refractivity contribution is 5.54. The molecule has 0 aromatic carbocycles. The molecule has 0 N–H and O–H groups in total. The second kappa shape index (κ2) is 4.36. The zero-order valence-corrected chi connectivity index (χ0v) is 9.30. The van der Waals surface area contributed by atoms with Crippen molar-refractivity contribution in [3.05, 3.63) is 36.8 Å². The molecule has 13 heavy (non-hydrogen) atoms. The molecule has 0 aliphatic rings. The van der Waals surface area contributed by atoms with Gasteiger partial charge < -0.3 is 28.5 Å². The first-order valence-corrected chi connectivity index (χ1v) is 3.72. The van der Waals surface area contributed by atoms with Crippen molar-refractivity contribution in [2.75, 3.05) is 0 Å². The van der Waals surface area contributed by atoms with Gasteiger partial charge in [-0.2, -0.15) is 0 Å². The molecule has 4 heteroatoms. The second-order valence-electron chi connectivity index (χ2n) is 2.63. The highest BCUT2D eigenvalue weighted by Gasteiger charge is 2.01. The quantitative estimate of drug-likeness (QED) is 0.456. The summed E-state index contributed by atoms with van der Waals surface area (Å²) in [5, 5.41) is 3.64. The van der Waals surface area contributed by atoms with E-state index < -0.39 is 0 Å².